The zero-order valence-electron chi connectivity index (χ0n) is 11.1. The van der Waals surface area contributed by atoms with E-state index < -0.39 is 5.91 Å². The highest BCUT2D eigenvalue weighted by molar-refractivity contribution is 6.08. The summed E-state index contributed by atoms with van der Waals surface area (Å²) in [7, 11) is 0. The Bertz CT molecular complexity index is 640. The molecule has 0 radical (unpaired) electrons. The number of aromatic nitrogens is 1. The normalized spacial score (nSPS) is 32.7. The van der Waals surface area contributed by atoms with Crippen LogP contribution in [0, 0.1) is 23.7 Å². The highest BCUT2D eigenvalue weighted by Gasteiger charge is 2.59. The van der Waals surface area contributed by atoms with Gasteiger partial charge in [-0.1, -0.05) is 12.2 Å². The van der Waals surface area contributed by atoms with Crippen LogP contribution in [0.1, 0.15) is 16.8 Å². The molecular weight excluding hydrogens is 270 g/mol. The lowest BCUT2D eigenvalue weighted by Gasteiger charge is -2.17. The Morgan fingerprint density at radius 1 is 1.10 bits per heavy atom. The van der Waals surface area contributed by atoms with Gasteiger partial charge in [0.15, 0.2) is 0 Å². The Hall–Kier alpha value is -2.50. The summed E-state index contributed by atoms with van der Waals surface area (Å²) in [6.07, 6.45) is 7.89. The van der Waals surface area contributed by atoms with E-state index in [0.717, 1.165) is 11.4 Å². The summed E-state index contributed by atoms with van der Waals surface area (Å²) in [5, 5.41) is 0.907. The largest absolute Gasteiger partial charge is 0.272 e. The van der Waals surface area contributed by atoms with Gasteiger partial charge in [-0.05, 0) is 30.4 Å². The van der Waals surface area contributed by atoms with Crippen LogP contribution in [0.25, 0.3) is 0 Å². The number of nitrogens with zero attached hydrogens (tertiary/aromatic N) is 2. The number of nitrogens with one attached hydrogen (secondary N) is 1. The predicted octanol–water partition coefficient (Wildman–Crippen LogP) is 0.533. The quantitative estimate of drug-likeness (QED) is 0.634. The lowest BCUT2D eigenvalue weighted by molar-refractivity contribution is -0.143. The third-order valence-electron chi connectivity index (χ3n) is 4.63. The topological polar surface area (TPSA) is 79.4 Å². The van der Waals surface area contributed by atoms with Crippen LogP contribution in [-0.4, -0.2) is 27.7 Å². The van der Waals surface area contributed by atoms with Crippen molar-refractivity contribution in [3.05, 3.63) is 42.2 Å². The van der Waals surface area contributed by atoms with Gasteiger partial charge in [-0.3, -0.25) is 24.8 Å². The van der Waals surface area contributed by atoms with Crippen LogP contribution in [-0.2, 0) is 9.59 Å². The van der Waals surface area contributed by atoms with Crippen LogP contribution >= 0.6 is 0 Å². The van der Waals surface area contributed by atoms with Crippen molar-refractivity contribution in [1.82, 2.24) is 15.4 Å². The maximum atomic E-state index is 12.4. The third-order valence-corrected chi connectivity index (χ3v) is 4.63. The molecule has 2 heterocycles. The zero-order chi connectivity index (χ0) is 14.6. The van der Waals surface area contributed by atoms with E-state index >= 15 is 0 Å². The number of carbonyl (C=O) groups is 3. The molecule has 0 unspecified atom stereocenters. The molecule has 4 atom stereocenters. The van der Waals surface area contributed by atoms with E-state index in [4.69, 9.17) is 0 Å². The standard InChI is InChI=1S/C15H13N3O3/c19-13(8-3-5-16-6-4-8)17-18-14(20)11-9-1-2-10(7-9)12(11)15(18)21/h1-6,9-12H,7H2,(H,17,19)/t9-,10-,11+,12+/m0/s1. The van der Waals surface area contributed by atoms with Crippen molar-refractivity contribution in [3.63, 3.8) is 0 Å². The van der Waals surface area contributed by atoms with E-state index in [-0.39, 0.29) is 35.5 Å². The Labute approximate surface area is 120 Å². The molecule has 0 spiro atoms. The molecular formula is C15H13N3O3. The third kappa shape index (κ3) is 1.65. The minimum absolute atomic E-state index is 0.138. The van der Waals surface area contributed by atoms with Crippen LogP contribution in [0.2, 0.25) is 0 Å². The number of hydrogen-bond donors (Lipinski definition) is 1. The average Bonchev–Trinajstić information content (AvgIpc) is 3.18. The molecule has 3 aliphatic rings. The molecule has 6 heteroatoms. The van der Waals surface area contributed by atoms with Crippen molar-refractivity contribution in [2.24, 2.45) is 23.7 Å². The van der Waals surface area contributed by atoms with Crippen LogP contribution in [0.5, 0.6) is 0 Å². The first-order chi connectivity index (χ1) is 10.2. The van der Waals surface area contributed by atoms with Crippen molar-refractivity contribution >= 4 is 17.7 Å². The van der Waals surface area contributed by atoms with Crippen LogP contribution in [0.3, 0.4) is 0 Å². The highest BCUT2D eigenvalue weighted by atomic mass is 16.2. The summed E-state index contributed by atoms with van der Waals surface area (Å²) in [4.78, 5) is 40.7. The molecule has 1 saturated carbocycles. The number of fused-ring (bicyclic) bond motifs is 5. The van der Waals surface area contributed by atoms with Crippen molar-refractivity contribution in [2.75, 3.05) is 0 Å². The molecule has 6 nitrogen and oxygen atoms in total. The molecule has 2 bridgehead atoms. The first kappa shape index (κ1) is 12.3. The Morgan fingerprint density at radius 2 is 1.67 bits per heavy atom. The summed E-state index contributed by atoms with van der Waals surface area (Å²) in [5.74, 6) is -1.37. The second-order valence-electron chi connectivity index (χ2n) is 5.69. The molecule has 3 amide bonds. The molecule has 106 valence electrons. The number of hydrogen-bond acceptors (Lipinski definition) is 4. The first-order valence-corrected chi connectivity index (χ1v) is 6.94. The van der Waals surface area contributed by atoms with Gasteiger partial charge in [-0.15, -0.1) is 0 Å². The van der Waals surface area contributed by atoms with E-state index in [0.29, 0.717) is 5.56 Å². The van der Waals surface area contributed by atoms with E-state index in [1.54, 1.807) is 0 Å². The first-order valence-electron chi connectivity index (χ1n) is 6.94. The molecule has 1 saturated heterocycles. The second-order valence-corrected chi connectivity index (χ2v) is 5.69. The predicted molar refractivity (Wildman–Crippen MR) is 71.3 cm³/mol. The van der Waals surface area contributed by atoms with Gasteiger partial charge in [-0.2, -0.15) is 5.01 Å². The lowest BCUT2D eigenvalue weighted by atomic mass is 9.85. The number of pyridine rings is 1. The fourth-order valence-electron chi connectivity index (χ4n) is 3.68. The molecule has 1 aromatic rings. The van der Waals surface area contributed by atoms with Gasteiger partial charge in [0.1, 0.15) is 0 Å². The van der Waals surface area contributed by atoms with Gasteiger partial charge in [0, 0.05) is 18.0 Å². The minimum Gasteiger partial charge on any atom is -0.272 e. The Balaban J connectivity index is 1.56. The summed E-state index contributed by atoms with van der Waals surface area (Å²) in [6, 6.07) is 3.07. The number of rotatable bonds is 2. The Morgan fingerprint density at radius 3 is 2.24 bits per heavy atom. The number of allylic oxidation sites excluding steroid dienone is 2. The molecule has 2 aliphatic carbocycles. The molecule has 2 fully saturated rings. The molecule has 1 N–H and O–H groups in total. The smallest absolute Gasteiger partial charge is 0.270 e. The van der Waals surface area contributed by atoms with Gasteiger partial charge in [-0.25, -0.2) is 0 Å². The average molecular weight is 283 g/mol. The molecule has 0 aromatic carbocycles. The van der Waals surface area contributed by atoms with Crippen LogP contribution in [0.15, 0.2) is 36.7 Å². The van der Waals surface area contributed by atoms with Gasteiger partial charge in [0.2, 0.25) is 0 Å². The van der Waals surface area contributed by atoms with Crippen molar-refractivity contribution < 1.29 is 14.4 Å². The summed E-state index contributed by atoms with van der Waals surface area (Å²) in [5.41, 5.74) is 2.80. The molecule has 4 rings (SSSR count). The highest BCUT2D eigenvalue weighted by Crippen LogP contribution is 2.52. The summed E-state index contributed by atoms with van der Waals surface area (Å²) < 4.78 is 0. The van der Waals surface area contributed by atoms with Crippen molar-refractivity contribution in [1.29, 1.82) is 0 Å². The zero-order valence-corrected chi connectivity index (χ0v) is 11.1. The van der Waals surface area contributed by atoms with Crippen LogP contribution in [0.4, 0.5) is 0 Å². The van der Waals surface area contributed by atoms with E-state index in [1.807, 2.05) is 12.2 Å². The van der Waals surface area contributed by atoms with Crippen molar-refractivity contribution in [2.45, 2.75) is 6.42 Å². The lowest BCUT2D eigenvalue weighted by Crippen LogP contribution is -2.47. The van der Waals surface area contributed by atoms with Gasteiger partial charge in [0.25, 0.3) is 17.7 Å². The number of amides is 3. The van der Waals surface area contributed by atoms with Gasteiger partial charge in [0.05, 0.1) is 11.8 Å². The minimum atomic E-state index is -0.473. The summed E-state index contributed by atoms with van der Waals surface area (Å²) in [6.45, 7) is 0. The molecule has 1 aromatic heterocycles. The maximum Gasteiger partial charge on any atom is 0.270 e. The van der Waals surface area contributed by atoms with Crippen molar-refractivity contribution in [3.8, 4) is 0 Å². The monoisotopic (exact) mass is 283 g/mol. The van der Waals surface area contributed by atoms with Gasteiger partial charge >= 0.3 is 0 Å². The van der Waals surface area contributed by atoms with E-state index in [2.05, 4.69) is 10.4 Å². The number of carbonyl (C=O) groups excluding carboxylic acids is 3. The van der Waals surface area contributed by atoms with Gasteiger partial charge < -0.3 is 0 Å². The van der Waals surface area contributed by atoms with E-state index in [1.165, 1.54) is 24.5 Å². The Kier molecular flexibility index (Phi) is 2.48. The fraction of sp³-hybridized carbons (Fsp3) is 0.333. The fourth-order valence-corrected chi connectivity index (χ4v) is 3.68. The SMILES string of the molecule is O=C(NN1C(=O)[C@H]2[C@H](C1=O)[C@H]1C=C[C@H]2C1)c1ccncc1. The second kappa shape index (κ2) is 4.25. The van der Waals surface area contributed by atoms with E-state index in [9.17, 15) is 14.4 Å². The molecule has 1 aliphatic heterocycles. The number of hydrazine groups is 1. The summed E-state index contributed by atoms with van der Waals surface area (Å²) >= 11 is 0. The number of imide groups is 1. The maximum absolute atomic E-state index is 12.4. The molecule has 21 heavy (non-hydrogen) atoms. The van der Waals surface area contributed by atoms with Crippen LogP contribution < -0.4 is 5.43 Å².